The molecule has 49 heavy (non-hydrogen) atoms. The lowest BCUT2D eigenvalue weighted by molar-refractivity contribution is -0.236. The number of hydrogen-bond donors (Lipinski definition) is 1. The molecule has 0 aromatic rings. The van der Waals surface area contributed by atoms with Gasteiger partial charge in [0.1, 0.15) is 0 Å². The Morgan fingerprint density at radius 1 is 0.612 bits per heavy atom. The SMILES string of the molecule is CBr.CC.CCCCC/C=C\C/C=C\CCCCCCCCC(O)(CCCCCCCC/C=C\C/C=C\CCCCC)OC1CCOC1=O. The molecular weight excluding hydrogens is 672 g/mol. The van der Waals surface area contributed by atoms with Gasteiger partial charge in [0, 0.05) is 19.3 Å². The molecule has 1 rings (SSSR count). The number of allylic oxidation sites excluding steroid dienone is 8. The van der Waals surface area contributed by atoms with Crippen LogP contribution in [0.4, 0.5) is 0 Å². The highest BCUT2D eigenvalue weighted by Gasteiger charge is 2.37. The molecule has 1 unspecified atom stereocenters. The number of esters is 1. The highest BCUT2D eigenvalue weighted by molar-refractivity contribution is 9.08. The number of aliphatic hydroxyl groups is 1. The maximum absolute atomic E-state index is 12.0. The predicted octanol–water partition coefficient (Wildman–Crippen LogP) is 14.5. The van der Waals surface area contributed by atoms with Crippen molar-refractivity contribution in [1.82, 2.24) is 0 Å². The maximum Gasteiger partial charge on any atom is 0.335 e. The number of rotatable bonds is 32. The molecule has 1 aliphatic rings. The second kappa shape index (κ2) is 41.3. The average Bonchev–Trinajstić information content (AvgIpc) is 3.52. The van der Waals surface area contributed by atoms with Crippen LogP contribution in [0.2, 0.25) is 0 Å². The molecule has 5 heteroatoms. The van der Waals surface area contributed by atoms with Crippen LogP contribution in [0.1, 0.15) is 201 Å². The van der Waals surface area contributed by atoms with Crippen LogP contribution in [0.15, 0.2) is 48.6 Å². The van der Waals surface area contributed by atoms with Crippen molar-refractivity contribution < 1.29 is 19.4 Å². The van der Waals surface area contributed by atoms with Crippen molar-refractivity contribution in [3.63, 3.8) is 0 Å². The van der Waals surface area contributed by atoms with Gasteiger partial charge in [-0.1, -0.05) is 169 Å². The molecule has 0 amide bonds. The summed E-state index contributed by atoms with van der Waals surface area (Å²) in [5.74, 6) is 0.286. The molecule has 1 heterocycles. The topological polar surface area (TPSA) is 55.8 Å². The molecule has 1 aliphatic heterocycles. The summed E-state index contributed by atoms with van der Waals surface area (Å²) in [6.45, 7) is 8.90. The zero-order valence-electron chi connectivity index (χ0n) is 33.0. The van der Waals surface area contributed by atoms with Gasteiger partial charge in [-0.25, -0.2) is 4.79 Å². The quantitative estimate of drug-likeness (QED) is 0.0244. The number of carbonyl (C=O) groups excluding carboxylic acids is 1. The van der Waals surface area contributed by atoms with Gasteiger partial charge in [0.15, 0.2) is 11.9 Å². The third-order valence-electron chi connectivity index (χ3n) is 8.78. The average molecular weight is 754 g/mol. The molecular formula is C44H81BrO4. The third-order valence-corrected chi connectivity index (χ3v) is 8.78. The first kappa shape index (κ1) is 49.9. The Hall–Kier alpha value is -1.17. The molecule has 1 N–H and O–H groups in total. The Morgan fingerprint density at radius 3 is 1.31 bits per heavy atom. The highest BCUT2D eigenvalue weighted by atomic mass is 79.9. The van der Waals surface area contributed by atoms with Crippen molar-refractivity contribution in [3.8, 4) is 0 Å². The van der Waals surface area contributed by atoms with E-state index in [0.29, 0.717) is 25.9 Å². The summed E-state index contributed by atoms with van der Waals surface area (Å²) in [7, 11) is 0. The van der Waals surface area contributed by atoms with Gasteiger partial charge < -0.3 is 14.6 Å². The van der Waals surface area contributed by atoms with Crippen LogP contribution in [0.25, 0.3) is 0 Å². The van der Waals surface area contributed by atoms with E-state index in [1.807, 2.05) is 19.7 Å². The van der Waals surface area contributed by atoms with Gasteiger partial charge in [-0.05, 0) is 82.9 Å². The summed E-state index contributed by atoms with van der Waals surface area (Å²) in [4.78, 5) is 12.0. The van der Waals surface area contributed by atoms with Gasteiger partial charge >= 0.3 is 5.97 Å². The lowest BCUT2D eigenvalue weighted by Crippen LogP contribution is -2.38. The first-order valence-electron chi connectivity index (χ1n) is 20.7. The highest BCUT2D eigenvalue weighted by Crippen LogP contribution is 2.29. The zero-order chi connectivity index (χ0) is 36.5. The van der Waals surface area contributed by atoms with E-state index in [2.05, 4.69) is 78.4 Å². The lowest BCUT2D eigenvalue weighted by Gasteiger charge is -2.30. The van der Waals surface area contributed by atoms with Crippen LogP contribution in [0.3, 0.4) is 0 Å². The summed E-state index contributed by atoms with van der Waals surface area (Å²) in [6, 6.07) is 0. The molecule has 0 saturated carbocycles. The largest absolute Gasteiger partial charge is 0.464 e. The Kier molecular flexibility index (Phi) is 42.0. The first-order valence-corrected chi connectivity index (χ1v) is 22.2. The second-order valence-electron chi connectivity index (χ2n) is 13.2. The van der Waals surface area contributed by atoms with E-state index in [0.717, 1.165) is 38.5 Å². The predicted molar refractivity (Wildman–Crippen MR) is 220 cm³/mol. The first-order chi connectivity index (χ1) is 24.1. The number of hydrogen-bond acceptors (Lipinski definition) is 4. The number of cyclic esters (lactones) is 1. The minimum atomic E-state index is -1.21. The smallest absolute Gasteiger partial charge is 0.335 e. The van der Waals surface area contributed by atoms with E-state index in [-0.39, 0.29) is 5.97 Å². The summed E-state index contributed by atoms with van der Waals surface area (Å²) < 4.78 is 11.1. The van der Waals surface area contributed by atoms with Crippen LogP contribution < -0.4 is 0 Å². The Morgan fingerprint density at radius 2 is 0.959 bits per heavy atom. The summed E-state index contributed by atoms with van der Waals surface area (Å²) in [6.07, 6.45) is 48.4. The normalized spacial score (nSPS) is 14.9. The Balaban J connectivity index is 0. The van der Waals surface area contributed by atoms with Crippen LogP contribution in [-0.4, -0.2) is 35.4 Å². The fourth-order valence-electron chi connectivity index (χ4n) is 5.87. The van der Waals surface area contributed by atoms with Crippen molar-refractivity contribution in [2.24, 2.45) is 0 Å². The number of unbranched alkanes of at least 4 members (excludes halogenated alkanes) is 18. The van der Waals surface area contributed by atoms with E-state index in [1.54, 1.807) is 0 Å². The molecule has 288 valence electrons. The standard InChI is InChI=1S/C41H72O4.C2H6.CH3Br/c1-3-5-7-9-11-13-15-17-19-21-23-25-27-29-31-33-36-41(43,45-39-35-38-44-40(39)42)37-34-32-30-28-26-24-22-20-18-16-14-12-10-8-6-4-2;2*1-2/h11-14,17-20,39,43H,3-10,15-16,21-38H2,1-2H3;1-2H3;1H3/b13-11-,14-12-,19-17-,20-18-;;. The molecule has 1 fully saturated rings. The Bertz CT molecular complexity index is 740. The molecule has 1 saturated heterocycles. The van der Waals surface area contributed by atoms with Gasteiger partial charge in [-0.15, -0.1) is 0 Å². The minimum absolute atomic E-state index is 0.317. The molecule has 4 nitrogen and oxygen atoms in total. The molecule has 0 spiro atoms. The fraction of sp³-hybridized carbons (Fsp3) is 0.795. The summed E-state index contributed by atoms with van der Waals surface area (Å²) >= 11 is 2.94. The van der Waals surface area contributed by atoms with Gasteiger partial charge in [-0.2, -0.15) is 0 Å². The number of alkyl halides is 1. The van der Waals surface area contributed by atoms with Gasteiger partial charge in [0.2, 0.25) is 0 Å². The van der Waals surface area contributed by atoms with Crippen molar-refractivity contribution in [2.45, 2.75) is 213 Å². The Labute approximate surface area is 314 Å². The summed E-state index contributed by atoms with van der Waals surface area (Å²) in [5.41, 5.74) is 0. The number of halogens is 1. The lowest BCUT2D eigenvalue weighted by atomic mass is 9.98. The van der Waals surface area contributed by atoms with Crippen LogP contribution in [0.5, 0.6) is 0 Å². The molecule has 0 aromatic carbocycles. The monoisotopic (exact) mass is 753 g/mol. The van der Waals surface area contributed by atoms with Crippen LogP contribution in [-0.2, 0) is 14.3 Å². The fourth-order valence-corrected chi connectivity index (χ4v) is 5.87. The van der Waals surface area contributed by atoms with E-state index in [9.17, 15) is 9.90 Å². The van der Waals surface area contributed by atoms with Crippen molar-refractivity contribution in [3.05, 3.63) is 48.6 Å². The number of carbonyl (C=O) groups is 1. The van der Waals surface area contributed by atoms with E-state index >= 15 is 0 Å². The number of ether oxygens (including phenoxy) is 2. The molecule has 0 aliphatic carbocycles. The van der Waals surface area contributed by atoms with Gasteiger partial charge in [0.05, 0.1) is 6.61 Å². The van der Waals surface area contributed by atoms with E-state index < -0.39 is 11.9 Å². The maximum atomic E-state index is 12.0. The van der Waals surface area contributed by atoms with E-state index in [4.69, 9.17) is 9.47 Å². The molecule has 0 radical (unpaired) electrons. The van der Waals surface area contributed by atoms with Crippen molar-refractivity contribution >= 4 is 21.9 Å². The zero-order valence-corrected chi connectivity index (χ0v) is 34.6. The third kappa shape index (κ3) is 35.0. The molecule has 0 aromatic heterocycles. The molecule has 0 bridgehead atoms. The van der Waals surface area contributed by atoms with Gasteiger partial charge in [0.25, 0.3) is 0 Å². The second-order valence-corrected chi connectivity index (χ2v) is 13.2. The molecule has 1 atom stereocenters. The van der Waals surface area contributed by atoms with Crippen molar-refractivity contribution in [2.75, 3.05) is 12.4 Å². The van der Waals surface area contributed by atoms with E-state index in [1.165, 1.54) is 116 Å². The summed E-state index contributed by atoms with van der Waals surface area (Å²) in [5, 5.41) is 11.4. The van der Waals surface area contributed by atoms with Gasteiger partial charge in [-0.3, -0.25) is 0 Å². The minimum Gasteiger partial charge on any atom is -0.464 e. The van der Waals surface area contributed by atoms with Crippen LogP contribution >= 0.6 is 15.9 Å². The van der Waals surface area contributed by atoms with Crippen LogP contribution in [0, 0.1) is 0 Å². The van der Waals surface area contributed by atoms with Crippen molar-refractivity contribution in [1.29, 1.82) is 0 Å².